The lowest BCUT2D eigenvalue weighted by atomic mass is 9.83. The Morgan fingerprint density at radius 3 is 2.40 bits per heavy atom. The van der Waals surface area contributed by atoms with Crippen molar-refractivity contribution in [3.8, 4) is 0 Å². The van der Waals surface area contributed by atoms with Crippen molar-refractivity contribution in [1.82, 2.24) is 0 Å². The highest BCUT2D eigenvalue weighted by Gasteiger charge is 2.25. The van der Waals surface area contributed by atoms with E-state index in [-0.39, 0.29) is 5.41 Å². The van der Waals surface area contributed by atoms with Gasteiger partial charge in [-0.3, -0.25) is 0 Å². The number of hydrogen-bond donors (Lipinski definition) is 1. The molecule has 0 heterocycles. The summed E-state index contributed by atoms with van der Waals surface area (Å²) in [4.78, 5) is 0. The Balaban J connectivity index is 3.02. The molecule has 0 aliphatic carbocycles. The summed E-state index contributed by atoms with van der Waals surface area (Å²) in [5.74, 6) is 0. The first-order valence-electron chi connectivity index (χ1n) is 5.21. The highest BCUT2D eigenvalue weighted by Crippen LogP contribution is 2.34. The molecule has 1 rings (SSSR count). The maximum Gasteiger partial charge on any atom is 0.0841 e. The number of methoxy groups -OCH3 is 1. The van der Waals surface area contributed by atoms with E-state index >= 15 is 0 Å². The van der Waals surface area contributed by atoms with Crippen LogP contribution in [0.15, 0.2) is 24.3 Å². The van der Waals surface area contributed by atoms with Gasteiger partial charge in [0.1, 0.15) is 0 Å². The SMILES string of the molecule is COCc1ccccc1C(O)C(C)(C)C. The maximum absolute atomic E-state index is 10.2. The van der Waals surface area contributed by atoms with E-state index in [0.717, 1.165) is 11.1 Å². The summed E-state index contributed by atoms with van der Waals surface area (Å²) in [5, 5.41) is 10.2. The van der Waals surface area contributed by atoms with Crippen molar-refractivity contribution in [2.45, 2.75) is 33.5 Å². The molecule has 0 saturated carbocycles. The van der Waals surface area contributed by atoms with Gasteiger partial charge in [-0.05, 0) is 16.5 Å². The summed E-state index contributed by atoms with van der Waals surface area (Å²) in [6, 6.07) is 7.87. The summed E-state index contributed by atoms with van der Waals surface area (Å²) >= 11 is 0. The fourth-order valence-electron chi connectivity index (χ4n) is 1.55. The quantitative estimate of drug-likeness (QED) is 0.827. The van der Waals surface area contributed by atoms with Crippen LogP contribution in [-0.4, -0.2) is 12.2 Å². The highest BCUT2D eigenvalue weighted by atomic mass is 16.5. The number of ether oxygens (including phenoxy) is 1. The van der Waals surface area contributed by atoms with Gasteiger partial charge in [0.2, 0.25) is 0 Å². The second-order valence-electron chi connectivity index (χ2n) is 4.90. The van der Waals surface area contributed by atoms with Gasteiger partial charge in [-0.2, -0.15) is 0 Å². The molecule has 0 fully saturated rings. The summed E-state index contributed by atoms with van der Waals surface area (Å²) in [5.41, 5.74) is 1.87. The fraction of sp³-hybridized carbons (Fsp3) is 0.538. The van der Waals surface area contributed by atoms with Crippen LogP contribution in [-0.2, 0) is 11.3 Å². The molecular formula is C13H20O2. The third kappa shape index (κ3) is 3.05. The van der Waals surface area contributed by atoms with Crippen LogP contribution in [0.25, 0.3) is 0 Å². The van der Waals surface area contributed by atoms with Crippen LogP contribution in [0.1, 0.15) is 38.0 Å². The van der Waals surface area contributed by atoms with Gasteiger partial charge in [-0.1, -0.05) is 45.0 Å². The van der Waals surface area contributed by atoms with E-state index < -0.39 is 6.10 Å². The zero-order chi connectivity index (χ0) is 11.5. The van der Waals surface area contributed by atoms with E-state index in [1.807, 2.05) is 45.0 Å². The standard InChI is InChI=1S/C13H20O2/c1-13(2,3)12(14)11-8-6-5-7-10(11)9-15-4/h5-8,12,14H,9H2,1-4H3. The highest BCUT2D eigenvalue weighted by molar-refractivity contribution is 5.29. The van der Waals surface area contributed by atoms with Crippen molar-refractivity contribution >= 4 is 0 Å². The maximum atomic E-state index is 10.2. The zero-order valence-corrected chi connectivity index (χ0v) is 9.95. The first kappa shape index (κ1) is 12.2. The van der Waals surface area contributed by atoms with Gasteiger partial charge in [-0.15, -0.1) is 0 Å². The van der Waals surface area contributed by atoms with E-state index in [1.54, 1.807) is 7.11 Å². The monoisotopic (exact) mass is 208 g/mol. The molecule has 2 heteroatoms. The van der Waals surface area contributed by atoms with Gasteiger partial charge in [0, 0.05) is 7.11 Å². The van der Waals surface area contributed by atoms with E-state index in [1.165, 1.54) is 0 Å². The average molecular weight is 208 g/mol. The third-order valence-corrected chi connectivity index (χ3v) is 2.47. The second kappa shape index (κ2) is 4.77. The Labute approximate surface area is 91.9 Å². The van der Waals surface area contributed by atoms with Gasteiger partial charge in [0.15, 0.2) is 0 Å². The van der Waals surface area contributed by atoms with E-state index in [0.29, 0.717) is 6.61 Å². The van der Waals surface area contributed by atoms with Crippen molar-refractivity contribution in [3.05, 3.63) is 35.4 Å². The molecule has 0 aliphatic heterocycles. The zero-order valence-electron chi connectivity index (χ0n) is 9.95. The molecule has 1 aromatic carbocycles. The summed E-state index contributed by atoms with van der Waals surface area (Å²) in [7, 11) is 1.67. The lowest BCUT2D eigenvalue weighted by Crippen LogP contribution is -2.19. The Kier molecular flexibility index (Phi) is 3.89. The minimum Gasteiger partial charge on any atom is -0.388 e. The molecule has 1 N–H and O–H groups in total. The number of rotatable bonds is 3. The molecule has 0 radical (unpaired) electrons. The molecule has 15 heavy (non-hydrogen) atoms. The molecule has 0 aromatic heterocycles. The van der Waals surface area contributed by atoms with Crippen molar-refractivity contribution in [2.75, 3.05) is 7.11 Å². The van der Waals surface area contributed by atoms with Crippen molar-refractivity contribution in [2.24, 2.45) is 5.41 Å². The minimum atomic E-state index is -0.455. The van der Waals surface area contributed by atoms with Gasteiger partial charge in [0.05, 0.1) is 12.7 Å². The van der Waals surface area contributed by atoms with Crippen molar-refractivity contribution in [3.63, 3.8) is 0 Å². The first-order chi connectivity index (χ1) is 6.96. The van der Waals surface area contributed by atoms with Crippen LogP contribution >= 0.6 is 0 Å². The Bertz CT molecular complexity index is 313. The fourth-order valence-corrected chi connectivity index (χ4v) is 1.55. The average Bonchev–Trinajstić information content (AvgIpc) is 2.17. The number of hydrogen-bond acceptors (Lipinski definition) is 2. The summed E-state index contributed by atoms with van der Waals surface area (Å²) in [6.45, 7) is 6.63. The lowest BCUT2D eigenvalue weighted by Gasteiger charge is -2.27. The van der Waals surface area contributed by atoms with Crippen LogP contribution in [0.4, 0.5) is 0 Å². The Hall–Kier alpha value is -0.860. The van der Waals surface area contributed by atoms with Crippen molar-refractivity contribution < 1.29 is 9.84 Å². The molecular weight excluding hydrogens is 188 g/mol. The molecule has 0 bridgehead atoms. The summed E-state index contributed by atoms with van der Waals surface area (Å²) in [6.07, 6.45) is -0.455. The molecule has 0 saturated heterocycles. The van der Waals surface area contributed by atoms with Crippen LogP contribution in [0, 0.1) is 5.41 Å². The first-order valence-corrected chi connectivity index (χ1v) is 5.21. The third-order valence-electron chi connectivity index (χ3n) is 2.47. The van der Waals surface area contributed by atoms with Crippen LogP contribution < -0.4 is 0 Å². The van der Waals surface area contributed by atoms with Gasteiger partial charge >= 0.3 is 0 Å². The predicted molar refractivity (Wildman–Crippen MR) is 61.6 cm³/mol. The van der Waals surface area contributed by atoms with Crippen molar-refractivity contribution in [1.29, 1.82) is 0 Å². The molecule has 84 valence electrons. The van der Waals surface area contributed by atoms with Crippen LogP contribution in [0.2, 0.25) is 0 Å². The van der Waals surface area contributed by atoms with Crippen LogP contribution in [0.5, 0.6) is 0 Å². The predicted octanol–water partition coefficient (Wildman–Crippen LogP) is 2.91. The molecule has 1 unspecified atom stereocenters. The normalized spacial score (nSPS) is 13.9. The topological polar surface area (TPSA) is 29.5 Å². The van der Waals surface area contributed by atoms with E-state index in [9.17, 15) is 5.11 Å². The molecule has 1 aromatic rings. The van der Waals surface area contributed by atoms with Crippen LogP contribution in [0.3, 0.4) is 0 Å². The minimum absolute atomic E-state index is 0.149. The van der Waals surface area contributed by atoms with E-state index in [4.69, 9.17) is 4.74 Å². The molecule has 0 spiro atoms. The molecule has 0 aliphatic rings. The number of aliphatic hydroxyl groups excluding tert-OH is 1. The largest absolute Gasteiger partial charge is 0.388 e. The van der Waals surface area contributed by atoms with Gasteiger partial charge in [0.25, 0.3) is 0 Å². The molecule has 2 nitrogen and oxygen atoms in total. The van der Waals surface area contributed by atoms with E-state index in [2.05, 4.69) is 0 Å². The Morgan fingerprint density at radius 1 is 1.27 bits per heavy atom. The smallest absolute Gasteiger partial charge is 0.0841 e. The van der Waals surface area contributed by atoms with Gasteiger partial charge in [-0.25, -0.2) is 0 Å². The number of benzene rings is 1. The number of aliphatic hydroxyl groups is 1. The van der Waals surface area contributed by atoms with Gasteiger partial charge < -0.3 is 9.84 Å². The molecule has 0 amide bonds. The Morgan fingerprint density at radius 2 is 1.87 bits per heavy atom. The second-order valence-corrected chi connectivity index (χ2v) is 4.90. The molecule has 1 atom stereocenters. The summed E-state index contributed by atoms with van der Waals surface area (Å²) < 4.78 is 5.12. The lowest BCUT2D eigenvalue weighted by molar-refractivity contribution is 0.0599.